The normalized spacial score (nSPS) is 14.4. The van der Waals surface area contributed by atoms with Gasteiger partial charge in [0, 0.05) is 4.88 Å². The number of nitrogens with one attached hydrogen (secondary N) is 1. The van der Waals surface area contributed by atoms with Gasteiger partial charge in [-0.25, -0.2) is 4.98 Å². The molecule has 4 heteroatoms. The van der Waals surface area contributed by atoms with E-state index in [-0.39, 0.29) is 11.5 Å². The zero-order chi connectivity index (χ0) is 10.9. The maximum absolute atomic E-state index is 5.60. The highest BCUT2D eigenvalue weighted by Gasteiger charge is 2.28. The van der Waals surface area contributed by atoms with Gasteiger partial charge >= 0.3 is 0 Å². The maximum Gasteiger partial charge on any atom is 0.0900 e. The lowest BCUT2D eigenvalue weighted by Crippen LogP contribution is -2.36. The summed E-state index contributed by atoms with van der Waals surface area (Å²) in [6, 6.07) is 0.175. The Bertz CT molecular complexity index is 312. The van der Waals surface area contributed by atoms with Gasteiger partial charge < -0.3 is 0 Å². The molecule has 0 aliphatic heterocycles. The molecule has 1 aromatic heterocycles. The molecule has 0 aromatic carbocycles. The van der Waals surface area contributed by atoms with Gasteiger partial charge in [0.15, 0.2) is 0 Å². The van der Waals surface area contributed by atoms with Crippen molar-refractivity contribution < 1.29 is 0 Å². The summed E-state index contributed by atoms with van der Waals surface area (Å²) < 4.78 is 0. The molecule has 0 radical (unpaired) electrons. The predicted molar refractivity (Wildman–Crippen MR) is 61.1 cm³/mol. The Morgan fingerprint density at radius 3 is 2.21 bits per heavy atom. The summed E-state index contributed by atoms with van der Waals surface area (Å²) >= 11 is 1.72. The molecule has 3 N–H and O–H groups in total. The molecule has 1 aromatic rings. The molecule has 1 rings (SSSR count). The zero-order valence-electron chi connectivity index (χ0n) is 9.51. The molecule has 0 aliphatic carbocycles. The average Bonchev–Trinajstić information content (AvgIpc) is 2.29. The van der Waals surface area contributed by atoms with Gasteiger partial charge in [0.25, 0.3) is 0 Å². The molecule has 0 fully saturated rings. The molecule has 0 saturated heterocycles. The fourth-order valence-corrected chi connectivity index (χ4v) is 2.77. The van der Waals surface area contributed by atoms with Crippen LogP contribution in [0.2, 0.25) is 0 Å². The molecule has 1 unspecified atom stereocenters. The summed E-state index contributed by atoms with van der Waals surface area (Å²) in [7, 11) is 0. The molecule has 0 spiro atoms. The van der Waals surface area contributed by atoms with Crippen molar-refractivity contribution in [3.8, 4) is 0 Å². The zero-order valence-corrected chi connectivity index (χ0v) is 10.3. The van der Waals surface area contributed by atoms with Crippen molar-refractivity contribution in [1.82, 2.24) is 10.4 Å². The minimum absolute atomic E-state index is 0.110. The van der Waals surface area contributed by atoms with E-state index in [2.05, 4.69) is 31.2 Å². The minimum atomic E-state index is 0.110. The van der Waals surface area contributed by atoms with Crippen LogP contribution in [0.15, 0.2) is 0 Å². The van der Waals surface area contributed by atoms with Crippen molar-refractivity contribution in [2.45, 2.75) is 40.7 Å². The second-order valence-corrected chi connectivity index (χ2v) is 5.88. The molecule has 14 heavy (non-hydrogen) atoms. The number of thiazole rings is 1. The van der Waals surface area contributed by atoms with E-state index >= 15 is 0 Å². The van der Waals surface area contributed by atoms with Gasteiger partial charge in [-0.3, -0.25) is 11.3 Å². The Morgan fingerprint density at radius 2 is 1.93 bits per heavy atom. The quantitative estimate of drug-likeness (QED) is 0.585. The van der Waals surface area contributed by atoms with Crippen molar-refractivity contribution in [3.63, 3.8) is 0 Å². The Labute approximate surface area is 89.7 Å². The van der Waals surface area contributed by atoms with Crippen LogP contribution in [-0.4, -0.2) is 4.98 Å². The van der Waals surface area contributed by atoms with Crippen LogP contribution in [0, 0.1) is 19.3 Å². The summed E-state index contributed by atoms with van der Waals surface area (Å²) in [6.07, 6.45) is 0. The monoisotopic (exact) mass is 213 g/mol. The van der Waals surface area contributed by atoms with Gasteiger partial charge in [-0.2, -0.15) is 0 Å². The molecular formula is C10H19N3S. The fourth-order valence-electron chi connectivity index (χ4n) is 1.53. The number of hydrogen-bond acceptors (Lipinski definition) is 4. The Morgan fingerprint density at radius 1 is 1.36 bits per heavy atom. The standard InChI is InChI=1S/C10H19N3S/c1-6-8(14-7(2)12-6)9(13-11)10(3,4)5/h9,13H,11H2,1-5H3. The van der Waals surface area contributed by atoms with Crippen LogP contribution in [0.1, 0.15) is 42.4 Å². The summed E-state index contributed by atoms with van der Waals surface area (Å²) in [5.74, 6) is 5.60. The first-order valence-electron chi connectivity index (χ1n) is 4.76. The number of hydrazine groups is 1. The highest BCUT2D eigenvalue weighted by Crippen LogP contribution is 2.36. The van der Waals surface area contributed by atoms with Gasteiger partial charge in [0.1, 0.15) is 0 Å². The van der Waals surface area contributed by atoms with Crippen LogP contribution in [0.4, 0.5) is 0 Å². The summed E-state index contributed by atoms with van der Waals surface area (Å²) in [4.78, 5) is 5.66. The second kappa shape index (κ2) is 3.96. The van der Waals surface area contributed by atoms with Crippen molar-refractivity contribution in [2.24, 2.45) is 11.3 Å². The highest BCUT2D eigenvalue weighted by molar-refractivity contribution is 7.11. The summed E-state index contributed by atoms with van der Waals surface area (Å²) in [5, 5.41) is 1.10. The van der Waals surface area contributed by atoms with Crippen LogP contribution in [-0.2, 0) is 0 Å². The molecule has 1 heterocycles. The third-order valence-electron chi connectivity index (χ3n) is 2.23. The molecule has 80 valence electrons. The average molecular weight is 213 g/mol. The lowest BCUT2D eigenvalue weighted by molar-refractivity contribution is 0.278. The van der Waals surface area contributed by atoms with E-state index < -0.39 is 0 Å². The first kappa shape index (κ1) is 11.6. The van der Waals surface area contributed by atoms with Crippen LogP contribution in [0.25, 0.3) is 0 Å². The predicted octanol–water partition coefficient (Wildman–Crippen LogP) is 2.31. The van der Waals surface area contributed by atoms with Gasteiger partial charge in [-0.05, 0) is 19.3 Å². The van der Waals surface area contributed by atoms with Crippen LogP contribution < -0.4 is 11.3 Å². The van der Waals surface area contributed by atoms with E-state index in [4.69, 9.17) is 5.84 Å². The van der Waals surface area contributed by atoms with E-state index in [0.717, 1.165) is 10.7 Å². The SMILES string of the molecule is Cc1nc(C)c(C(NN)C(C)(C)C)s1. The summed E-state index contributed by atoms with van der Waals surface area (Å²) in [5.41, 5.74) is 4.08. The highest BCUT2D eigenvalue weighted by atomic mass is 32.1. The second-order valence-electron chi connectivity index (χ2n) is 4.65. The van der Waals surface area contributed by atoms with E-state index in [0.29, 0.717) is 0 Å². The van der Waals surface area contributed by atoms with E-state index in [1.807, 2.05) is 13.8 Å². The van der Waals surface area contributed by atoms with E-state index in [1.165, 1.54) is 4.88 Å². The molecule has 3 nitrogen and oxygen atoms in total. The van der Waals surface area contributed by atoms with Gasteiger partial charge in [-0.1, -0.05) is 20.8 Å². The largest absolute Gasteiger partial charge is 0.271 e. The number of rotatable bonds is 2. The Kier molecular flexibility index (Phi) is 3.29. The number of nitrogens with zero attached hydrogens (tertiary/aromatic N) is 1. The molecule has 0 aliphatic rings. The number of aromatic nitrogens is 1. The van der Waals surface area contributed by atoms with Crippen molar-refractivity contribution in [2.75, 3.05) is 0 Å². The van der Waals surface area contributed by atoms with Gasteiger partial charge in [-0.15, -0.1) is 11.3 Å². The lowest BCUT2D eigenvalue weighted by Gasteiger charge is -2.29. The minimum Gasteiger partial charge on any atom is -0.271 e. The Balaban J connectivity index is 3.07. The smallest absolute Gasteiger partial charge is 0.0900 e. The van der Waals surface area contributed by atoms with Crippen molar-refractivity contribution in [1.29, 1.82) is 0 Å². The van der Waals surface area contributed by atoms with Gasteiger partial charge in [0.2, 0.25) is 0 Å². The topological polar surface area (TPSA) is 50.9 Å². The molecule has 1 atom stereocenters. The Hall–Kier alpha value is -0.450. The summed E-state index contributed by atoms with van der Waals surface area (Å²) in [6.45, 7) is 10.6. The third kappa shape index (κ3) is 2.32. The van der Waals surface area contributed by atoms with Crippen LogP contribution in [0.5, 0.6) is 0 Å². The maximum atomic E-state index is 5.60. The first-order valence-corrected chi connectivity index (χ1v) is 5.58. The van der Waals surface area contributed by atoms with Gasteiger partial charge in [0.05, 0.1) is 16.7 Å². The van der Waals surface area contributed by atoms with Crippen LogP contribution >= 0.6 is 11.3 Å². The fraction of sp³-hybridized carbons (Fsp3) is 0.700. The first-order chi connectivity index (χ1) is 6.36. The number of nitrogens with two attached hydrogens (primary N) is 1. The van der Waals surface area contributed by atoms with E-state index in [1.54, 1.807) is 11.3 Å². The van der Waals surface area contributed by atoms with Crippen LogP contribution in [0.3, 0.4) is 0 Å². The number of hydrogen-bond donors (Lipinski definition) is 2. The molecule has 0 saturated carbocycles. The third-order valence-corrected chi connectivity index (χ3v) is 3.37. The number of aryl methyl sites for hydroxylation is 2. The molecular weight excluding hydrogens is 194 g/mol. The lowest BCUT2D eigenvalue weighted by atomic mass is 9.86. The van der Waals surface area contributed by atoms with Crippen molar-refractivity contribution in [3.05, 3.63) is 15.6 Å². The molecule has 0 amide bonds. The van der Waals surface area contributed by atoms with Crippen molar-refractivity contribution >= 4 is 11.3 Å². The molecule has 0 bridgehead atoms. The van der Waals surface area contributed by atoms with E-state index in [9.17, 15) is 0 Å².